The number of tetrazole rings is 1. The predicted octanol–water partition coefficient (Wildman–Crippen LogP) is -1.95. The fourth-order valence-electron chi connectivity index (χ4n) is 4.35. The Morgan fingerprint density at radius 1 is 1.32 bits per heavy atom. The van der Waals surface area contributed by atoms with Crippen molar-refractivity contribution in [3.8, 4) is 5.75 Å². The minimum absolute atomic E-state index is 0.0782. The molecular formula is C22H23N11O8S3. The van der Waals surface area contributed by atoms with Gasteiger partial charge in [-0.1, -0.05) is 16.9 Å². The summed E-state index contributed by atoms with van der Waals surface area (Å²) in [6, 6.07) is 0.101. The summed E-state index contributed by atoms with van der Waals surface area (Å²) < 4.78 is 6.88. The van der Waals surface area contributed by atoms with Crippen LogP contribution in [0.4, 0.5) is 5.13 Å². The second-order valence-corrected chi connectivity index (χ2v) is 11.9. The molecule has 0 radical (unpaired) electrons. The minimum Gasteiger partial charge on any atom is -0.503 e. The number of carboxylic acids is 1. The molecule has 2 aliphatic rings. The van der Waals surface area contributed by atoms with Gasteiger partial charge in [-0.2, -0.15) is 9.36 Å². The van der Waals surface area contributed by atoms with Crippen molar-refractivity contribution in [2.24, 2.45) is 5.16 Å². The molecule has 0 saturated carbocycles. The van der Waals surface area contributed by atoms with Crippen LogP contribution < -0.4 is 16.5 Å². The lowest BCUT2D eigenvalue weighted by molar-refractivity contribution is -0.150. The molecule has 5 rings (SSSR count). The SMILES string of the molecule is CO/N=C(\C(=O)N[C@@H]1C(=O)N2C(C(=O)O)=C(CSc3nnnn3CCn3cc(O)c(=O)cc3CO)CS[C@@H]12)c1nsc(N)n1. The summed E-state index contributed by atoms with van der Waals surface area (Å²) >= 11 is 3.28. The first kappa shape index (κ1) is 30.9. The van der Waals surface area contributed by atoms with Gasteiger partial charge in [0, 0.05) is 41.3 Å². The number of hydrogen-bond acceptors (Lipinski definition) is 17. The lowest BCUT2D eigenvalue weighted by Crippen LogP contribution is -2.71. The van der Waals surface area contributed by atoms with Crippen LogP contribution in [0.25, 0.3) is 0 Å². The summed E-state index contributed by atoms with van der Waals surface area (Å²) in [4.78, 5) is 59.7. The summed E-state index contributed by atoms with van der Waals surface area (Å²) in [7, 11) is 1.23. The number of aromatic hydroxyl groups is 1. The maximum atomic E-state index is 13.1. The molecule has 2 aliphatic heterocycles. The largest absolute Gasteiger partial charge is 0.503 e. The van der Waals surface area contributed by atoms with Gasteiger partial charge in [-0.25, -0.2) is 9.48 Å². The number of thioether (sulfide) groups is 2. The van der Waals surface area contributed by atoms with Crippen molar-refractivity contribution in [3.05, 3.63) is 45.3 Å². The van der Waals surface area contributed by atoms with Crippen LogP contribution in [0.1, 0.15) is 11.5 Å². The highest BCUT2D eigenvalue weighted by atomic mass is 32.2. The predicted molar refractivity (Wildman–Crippen MR) is 154 cm³/mol. The van der Waals surface area contributed by atoms with Crippen molar-refractivity contribution in [2.45, 2.75) is 36.3 Å². The lowest BCUT2D eigenvalue weighted by Gasteiger charge is -2.49. The van der Waals surface area contributed by atoms with E-state index in [1.807, 2.05) is 0 Å². The number of anilines is 1. The number of aliphatic hydroxyl groups is 1. The maximum Gasteiger partial charge on any atom is 0.352 e. The van der Waals surface area contributed by atoms with Gasteiger partial charge in [-0.05, 0) is 16.0 Å². The Morgan fingerprint density at radius 2 is 2.11 bits per heavy atom. The highest BCUT2D eigenvalue weighted by Gasteiger charge is 2.54. The van der Waals surface area contributed by atoms with E-state index in [1.54, 1.807) is 0 Å². The van der Waals surface area contributed by atoms with E-state index in [4.69, 9.17) is 10.6 Å². The maximum absolute atomic E-state index is 13.1. The van der Waals surface area contributed by atoms with Gasteiger partial charge in [-0.15, -0.1) is 16.9 Å². The molecule has 232 valence electrons. The zero-order valence-corrected chi connectivity index (χ0v) is 25.0. The van der Waals surface area contributed by atoms with E-state index >= 15 is 0 Å². The standard InChI is InChI=1S/C22H23N11O8S3/c1-41-27-13(16-25-21(23)44-28-16)17(37)24-14-18(38)33-15(20(39)40)9(7-42-19(14)33)8-43-22-26-29-30-32(22)3-2-31-5-12(36)11(35)4-10(31)6-34/h4-5,14,19,34,36H,2-3,6-8H2,1H3,(H,24,37)(H,39,40)(H2,23,25,28)/b27-13-/t14-,19+/m1/s1. The highest BCUT2D eigenvalue weighted by Crippen LogP contribution is 2.41. The van der Waals surface area contributed by atoms with Crippen molar-refractivity contribution in [2.75, 3.05) is 24.3 Å². The number of nitrogens with one attached hydrogen (secondary N) is 1. The first-order valence-corrected chi connectivity index (χ1v) is 15.3. The summed E-state index contributed by atoms with van der Waals surface area (Å²) in [6.45, 7) is -0.00592. The van der Waals surface area contributed by atoms with E-state index in [9.17, 15) is 34.5 Å². The number of amides is 2. The zero-order chi connectivity index (χ0) is 31.5. The van der Waals surface area contributed by atoms with Crippen LogP contribution in [0, 0.1) is 0 Å². The first-order valence-electron chi connectivity index (χ1n) is 12.5. The molecule has 0 bridgehead atoms. The number of carboxylic acid groups (broad SMARTS) is 1. The van der Waals surface area contributed by atoms with E-state index in [1.165, 1.54) is 34.3 Å². The summed E-state index contributed by atoms with van der Waals surface area (Å²) in [5.41, 5.74) is 5.24. The van der Waals surface area contributed by atoms with Gasteiger partial charge >= 0.3 is 5.97 Å². The molecule has 0 aromatic carbocycles. The Kier molecular flexibility index (Phi) is 9.12. The molecule has 3 aromatic rings. The van der Waals surface area contributed by atoms with E-state index in [0.717, 1.165) is 34.3 Å². The van der Waals surface area contributed by atoms with Crippen LogP contribution >= 0.6 is 35.1 Å². The first-order chi connectivity index (χ1) is 21.1. The summed E-state index contributed by atoms with van der Waals surface area (Å²) in [5, 5.41) is 46.9. The van der Waals surface area contributed by atoms with Crippen molar-refractivity contribution >= 4 is 63.7 Å². The van der Waals surface area contributed by atoms with Crippen molar-refractivity contribution in [1.82, 2.24) is 44.3 Å². The molecule has 0 aliphatic carbocycles. The number of aromatic nitrogens is 7. The number of aliphatic carboxylic acids is 1. The van der Waals surface area contributed by atoms with E-state index < -0.39 is 47.0 Å². The van der Waals surface area contributed by atoms with Crippen LogP contribution in [0.5, 0.6) is 5.75 Å². The number of β-lactam (4-membered cyclic amide) rings is 1. The number of carbonyl (C=O) groups excluding carboxylic acids is 2. The quantitative estimate of drug-likeness (QED) is 0.0609. The number of nitrogen functional groups attached to an aromatic ring is 1. The molecule has 1 fully saturated rings. The third-order valence-corrected chi connectivity index (χ3v) is 9.30. The molecule has 5 heterocycles. The Labute approximate surface area is 258 Å². The van der Waals surface area contributed by atoms with Crippen LogP contribution in [0.15, 0.2) is 38.6 Å². The second kappa shape index (κ2) is 13.0. The van der Waals surface area contributed by atoms with Gasteiger partial charge < -0.3 is 35.8 Å². The number of aryl methyl sites for hydroxylation is 2. The number of rotatable bonds is 12. The van der Waals surface area contributed by atoms with Gasteiger partial charge in [0.15, 0.2) is 10.9 Å². The monoisotopic (exact) mass is 665 g/mol. The highest BCUT2D eigenvalue weighted by molar-refractivity contribution is 8.01. The van der Waals surface area contributed by atoms with Gasteiger partial charge in [0.25, 0.3) is 11.8 Å². The molecule has 3 aromatic heterocycles. The summed E-state index contributed by atoms with van der Waals surface area (Å²) in [5.74, 6) is -2.87. The number of nitrogens with zero attached hydrogens (tertiary/aromatic N) is 9. The smallest absolute Gasteiger partial charge is 0.352 e. The van der Waals surface area contributed by atoms with Gasteiger partial charge in [0.05, 0.1) is 19.3 Å². The van der Waals surface area contributed by atoms with Crippen LogP contribution in [0.2, 0.25) is 0 Å². The van der Waals surface area contributed by atoms with Crippen molar-refractivity contribution in [1.29, 1.82) is 0 Å². The zero-order valence-electron chi connectivity index (χ0n) is 22.6. The number of hydrogen-bond donors (Lipinski definition) is 5. The molecular weight excluding hydrogens is 643 g/mol. The molecule has 0 unspecified atom stereocenters. The van der Waals surface area contributed by atoms with Crippen molar-refractivity contribution < 1.29 is 34.5 Å². The topological polar surface area (TPSA) is 266 Å². The summed E-state index contributed by atoms with van der Waals surface area (Å²) in [6.07, 6.45) is 1.21. The number of carbonyl (C=O) groups is 3. The van der Waals surface area contributed by atoms with Crippen molar-refractivity contribution in [3.63, 3.8) is 0 Å². The number of aliphatic hydroxyl groups excluding tert-OH is 1. The van der Waals surface area contributed by atoms with E-state index in [2.05, 4.69) is 35.4 Å². The average Bonchev–Trinajstić information content (AvgIpc) is 3.65. The van der Waals surface area contributed by atoms with Crippen LogP contribution in [-0.4, -0.2) is 108 Å². The normalized spacial score (nSPS) is 18.2. The Hall–Kier alpha value is -4.54. The molecule has 19 nitrogen and oxygen atoms in total. The number of fused-ring (bicyclic) bond motifs is 1. The molecule has 44 heavy (non-hydrogen) atoms. The fraction of sp³-hybridized carbons (Fsp3) is 0.364. The van der Waals surface area contributed by atoms with Gasteiger partial charge in [-0.3, -0.25) is 19.3 Å². The molecule has 2 amide bonds. The van der Waals surface area contributed by atoms with Crippen LogP contribution in [0.3, 0.4) is 0 Å². The lowest BCUT2D eigenvalue weighted by atomic mass is 10.0. The number of nitrogens with two attached hydrogens (primary N) is 1. The molecule has 6 N–H and O–H groups in total. The fourth-order valence-corrected chi connectivity index (χ4v) is 7.17. The molecule has 2 atom stereocenters. The Balaban J connectivity index is 1.26. The average molecular weight is 666 g/mol. The van der Waals surface area contributed by atoms with Gasteiger partial charge in [0.1, 0.15) is 24.2 Å². The van der Waals surface area contributed by atoms with Crippen LogP contribution in [-0.2, 0) is 38.9 Å². The van der Waals surface area contributed by atoms with E-state index in [-0.39, 0.29) is 47.0 Å². The Morgan fingerprint density at radius 3 is 2.80 bits per heavy atom. The molecule has 0 spiro atoms. The number of pyridine rings is 1. The second-order valence-electron chi connectivity index (χ2n) is 9.04. The third-order valence-electron chi connectivity index (χ3n) is 6.37. The van der Waals surface area contributed by atoms with Gasteiger partial charge in [0.2, 0.25) is 22.1 Å². The van der Waals surface area contributed by atoms with E-state index in [0.29, 0.717) is 16.4 Å². The molecule has 22 heteroatoms. The minimum atomic E-state index is -1.30. The number of oxime groups is 1. The Bertz CT molecular complexity index is 1740. The molecule has 1 saturated heterocycles. The third kappa shape index (κ3) is 6.09.